The predicted octanol–water partition coefficient (Wildman–Crippen LogP) is 0.264. The summed E-state index contributed by atoms with van der Waals surface area (Å²) in [5, 5.41) is 16.2. The van der Waals surface area contributed by atoms with Crippen LogP contribution < -0.4 is 10.9 Å². The molecule has 8 nitrogen and oxygen atoms in total. The van der Waals surface area contributed by atoms with Gasteiger partial charge < -0.3 is 0 Å². The van der Waals surface area contributed by atoms with E-state index in [9.17, 15) is 9.59 Å². The maximum Gasteiger partial charge on any atom is 0.269 e. The van der Waals surface area contributed by atoms with E-state index in [0.29, 0.717) is 10.6 Å². The lowest BCUT2D eigenvalue weighted by atomic mass is 10.2. The van der Waals surface area contributed by atoms with Crippen LogP contribution in [-0.2, 0) is 11.3 Å². The number of carbonyl (C=O) groups excluding carboxylic acids is 2. The Bertz CT molecular complexity index is 703. The Morgan fingerprint density at radius 1 is 1.29 bits per heavy atom. The second kappa shape index (κ2) is 6.49. The summed E-state index contributed by atoms with van der Waals surface area (Å²) in [6.45, 7) is -0.184. The third-order valence-corrected chi connectivity index (χ3v) is 2.70. The number of halogens is 1. The highest BCUT2D eigenvalue weighted by Gasteiger charge is 2.10. The van der Waals surface area contributed by atoms with Gasteiger partial charge in [0.05, 0.1) is 0 Å². The van der Waals surface area contributed by atoms with Crippen LogP contribution in [0, 0.1) is 11.3 Å². The molecule has 106 valence electrons. The number of hydrazine groups is 1. The number of carbonyl (C=O) groups is 2. The fraction of sp³-hybridized carbons (Fsp3) is 0.0833. The number of benzene rings is 1. The quantitative estimate of drug-likeness (QED) is 0.790. The Morgan fingerprint density at radius 2 is 2.00 bits per heavy atom. The van der Waals surface area contributed by atoms with Gasteiger partial charge in [-0.2, -0.15) is 5.26 Å². The molecule has 2 N–H and O–H groups in total. The number of aromatic nitrogens is 3. The molecular weight excluding hydrogens is 296 g/mol. The summed E-state index contributed by atoms with van der Waals surface area (Å²) >= 11 is 5.71. The van der Waals surface area contributed by atoms with Crippen LogP contribution in [0.1, 0.15) is 16.2 Å². The number of hydrogen-bond donors (Lipinski definition) is 2. The lowest BCUT2D eigenvalue weighted by Gasteiger charge is -2.07. The second-order valence-electron chi connectivity index (χ2n) is 3.90. The number of rotatable bonds is 3. The molecule has 0 saturated heterocycles. The van der Waals surface area contributed by atoms with E-state index in [1.807, 2.05) is 0 Å². The third-order valence-electron chi connectivity index (χ3n) is 2.45. The first kappa shape index (κ1) is 14.5. The average molecular weight is 305 g/mol. The largest absolute Gasteiger partial charge is 0.296 e. The zero-order chi connectivity index (χ0) is 15.2. The van der Waals surface area contributed by atoms with Crippen LogP contribution in [0.3, 0.4) is 0 Å². The fourth-order valence-corrected chi connectivity index (χ4v) is 1.58. The lowest BCUT2D eigenvalue weighted by Crippen LogP contribution is -2.43. The van der Waals surface area contributed by atoms with Gasteiger partial charge in [-0.15, -0.1) is 10.2 Å². The minimum atomic E-state index is -0.520. The van der Waals surface area contributed by atoms with Gasteiger partial charge in [-0.25, -0.2) is 0 Å². The molecule has 1 aromatic carbocycles. The maximum absolute atomic E-state index is 11.7. The summed E-state index contributed by atoms with van der Waals surface area (Å²) in [7, 11) is 0. The lowest BCUT2D eigenvalue weighted by molar-refractivity contribution is -0.122. The Morgan fingerprint density at radius 3 is 2.67 bits per heavy atom. The molecule has 0 saturated carbocycles. The minimum Gasteiger partial charge on any atom is -0.296 e. The van der Waals surface area contributed by atoms with E-state index in [1.165, 1.54) is 23.0 Å². The molecule has 1 heterocycles. The van der Waals surface area contributed by atoms with Crippen molar-refractivity contribution >= 4 is 23.4 Å². The highest BCUT2D eigenvalue weighted by atomic mass is 35.5. The van der Waals surface area contributed by atoms with Gasteiger partial charge in [0, 0.05) is 10.6 Å². The van der Waals surface area contributed by atoms with E-state index in [4.69, 9.17) is 16.9 Å². The van der Waals surface area contributed by atoms with Gasteiger partial charge in [0.2, 0.25) is 5.82 Å². The van der Waals surface area contributed by atoms with Crippen molar-refractivity contribution < 1.29 is 9.59 Å². The fourth-order valence-electron chi connectivity index (χ4n) is 1.45. The molecule has 2 amide bonds. The summed E-state index contributed by atoms with van der Waals surface area (Å²) in [5.41, 5.74) is 4.83. The monoisotopic (exact) mass is 304 g/mol. The number of nitriles is 1. The molecule has 21 heavy (non-hydrogen) atoms. The van der Waals surface area contributed by atoms with Gasteiger partial charge in [-0.3, -0.25) is 25.0 Å². The third kappa shape index (κ3) is 3.77. The standard InChI is InChI=1S/C12H9ClN6O2/c13-9-3-1-8(2-4-9)12(21)18-17-11(20)6-19-7-15-16-10(19)5-14/h1-4,7H,6H2,(H,17,20)(H,18,21). The molecule has 2 aromatic rings. The summed E-state index contributed by atoms with van der Waals surface area (Å²) in [5.74, 6) is -0.993. The Labute approximate surface area is 124 Å². The first-order valence-corrected chi connectivity index (χ1v) is 6.10. The summed E-state index contributed by atoms with van der Waals surface area (Å²) in [6.07, 6.45) is 1.25. The van der Waals surface area contributed by atoms with Crippen LogP contribution in [0.2, 0.25) is 5.02 Å². The Kier molecular flexibility index (Phi) is 4.48. The van der Waals surface area contributed by atoms with Crippen molar-refractivity contribution in [2.45, 2.75) is 6.54 Å². The predicted molar refractivity (Wildman–Crippen MR) is 71.8 cm³/mol. The number of nitrogens with zero attached hydrogens (tertiary/aromatic N) is 4. The van der Waals surface area contributed by atoms with E-state index < -0.39 is 11.8 Å². The van der Waals surface area contributed by atoms with Crippen molar-refractivity contribution in [3.05, 3.63) is 47.0 Å². The van der Waals surface area contributed by atoms with Crippen LogP contribution in [0.5, 0.6) is 0 Å². The van der Waals surface area contributed by atoms with Gasteiger partial charge in [-0.05, 0) is 24.3 Å². The van der Waals surface area contributed by atoms with E-state index in [2.05, 4.69) is 21.0 Å². The number of amides is 2. The van der Waals surface area contributed by atoms with Crippen LogP contribution in [0.15, 0.2) is 30.6 Å². The van der Waals surface area contributed by atoms with Crippen LogP contribution in [0.4, 0.5) is 0 Å². The summed E-state index contributed by atoms with van der Waals surface area (Å²) in [6, 6.07) is 7.97. The maximum atomic E-state index is 11.7. The van der Waals surface area contributed by atoms with Gasteiger partial charge >= 0.3 is 0 Å². The van der Waals surface area contributed by atoms with Crippen molar-refractivity contribution in [2.24, 2.45) is 0 Å². The summed E-state index contributed by atoms with van der Waals surface area (Å²) < 4.78 is 1.25. The zero-order valence-electron chi connectivity index (χ0n) is 10.6. The molecular formula is C12H9ClN6O2. The molecule has 0 aliphatic heterocycles. The van der Waals surface area contributed by atoms with Gasteiger partial charge in [0.1, 0.15) is 18.9 Å². The minimum absolute atomic E-state index is 0.00850. The van der Waals surface area contributed by atoms with Gasteiger partial charge in [-0.1, -0.05) is 11.6 Å². The molecule has 0 spiro atoms. The van der Waals surface area contributed by atoms with Gasteiger partial charge in [0.15, 0.2) is 0 Å². The first-order chi connectivity index (χ1) is 10.1. The highest BCUT2D eigenvalue weighted by Crippen LogP contribution is 2.08. The molecule has 0 aliphatic rings. The van der Waals surface area contributed by atoms with Crippen molar-refractivity contribution in [2.75, 3.05) is 0 Å². The molecule has 0 atom stereocenters. The van der Waals surface area contributed by atoms with E-state index >= 15 is 0 Å². The molecule has 9 heteroatoms. The molecule has 0 unspecified atom stereocenters. The van der Waals surface area contributed by atoms with Crippen LogP contribution in [0.25, 0.3) is 0 Å². The van der Waals surface area contributed by atoms with Gasteiger partial charge in [0.25, 0.3) is 11.8 Å². The molecule has 0 radical (unpaired) electrons. The highest BCUT2D eigenvalue weighted by molar-refractivity contribution is 6.30. The zero-order valence-corrected chi connectivity index (χ0v) is 11.3. The van der Waals surface area contributed by atoms with E-state index in [1.54, 1.807) is 18.2 Å². The molecule has 0 aliphatic carbocycles. The topological polar surface area (TPSA) is 113 Å². The smallest absolute Gasteiger partial charge is 0.269 e. The van der Waals surface area contributed by atoms with E-state index in [0.717, 1.165) is 0 Å². The number of hydrogen-bond acceptors (Lipinski definition) is 5. The summed E-state index contributed by atoms with van der Waals surface area (Å²) in [4.78, 5) is 23.4. The first-order valence-electron chi connectivity index (χ1n) is 5.73. The molecule has 1 aromatic heterocycles. The van der Waals surface area contributed by atoms with Crippen molar-refractivity contribution in [3.63, 3.8) is 0 Å². The Hall–Kier alpha value is -2.92. The molecule has 0 bridgehead atoms. The van der Waals surface area contributed by atoms with Crippen LogP contribution >= 0.6 is 11.6 Å². The normalized spacial score (nSPS) is 9.71. The SMILES string of the molecule is N#Cc1nncn1CC(=O)NNC(=O)c1ccc(Cl)cc1. The van der Waals surface area contributed by atoms with E-state index in [-0.39, 0.29) is 12.4 Å². The second-order valence-corrected chi connectivity index (χ2v) is 4.34. The number of nitrogens with one attached hydrogen (secondary N) is 2. The molecule has 0 fully saturated rings. The Balaban J connectivity index is 1.88. The van der Waals surface area contributed by atoms with Crippen molar-refractivity contribution in [1.29, 1.82) is 5.26 Å². The van der Waals surface area contributed by atoms with Crippen LogP contribution in [-0.4, -0.2) is 26.6 Å². The molecule has 2 rings (SSSR count). The van der Waals surface area contributed by atoms with Crippen molar-refractivity contribution in [3.8, 4) is 6.07 Å². The van der Waals surface area contributed by atoms with Crippen molar-refractivity contribution in [1.82, 2.24) is 25.6 Å². The average Bonchev–Trinajstić information content (AvgIpc) is 2.92.